The van der Waals surface area contributed by atoms with E-state index in [9.17, 15) is 0 Å². The molecule has 0 aliphatic carbocycles. The minimum absolute atomic E-state index is 0. The average molecular weight is 469 g/mol. The Balaban J connectivity index is 0.00000338. The lowest BCUT2D eigenvalue weighted by Crippen LogP contribution is -2.40. The molecule has 5 nitrogen and oxygen atoms in total. The highest BCUT2D eigenvalue weighted by atomic mass is 127. The van der Waals surface area contributed by atoms with E-state index in [0.29, 0.717) is 19.8 Å². The van der Waals surface area contributed by atoms with Crippen molar-refractivity contribution in [3.05, 3.63) is 65.7 Å². The second-order valence-electron chi connectivity index (χ2n) is 5.74. The summed E-state index contributed by atoms with van der Waals surface area (Å²) in [7, 11) is 5.50. The first-order chi connectivity index (χ1) is 12.2. The number of hydrogen-bond donors (Lipinski definition) is 1. The Hall–Kier alpha value is -1.80. The Kier molecular flexibility index (Phi) is 10.7. The minimum atomic E-state index is 0. The molecule has 0 unspecified atom stereocenters. The number of para-hydroxylation sites is 1. The zero-order valence-electron chi connectivity index (χ0n) is 15.6. The van der Waals surface area contributed by atoms with Gasteiger partial charge in [-0.3, -0.25) is 4.99 Å². The lowest BCUT2D eigenvalue weighted by atomic mass is 10.1. The normalized spacial score (nSPS) is 10.8. The maximum Gasteiger partial charge on any atom is 0.193 e. The van der Waals surface area contributed by atoms with Crippen molar-refractivity contribution in [1.82, 2.24) is 10.2 Å². The van der Waals surface area contributed by atoms with Crippen LogP contribution in [-0.2, 0) is 17.9 Å². The van der Waals surface area contributed by atoms with Gasteiger partial charge in [-0.1, -0.05) is 42.5 Å². The molecule has 0 radical (unpaired) electrons. The fourth-order valence-corrected chi connectivity index (χ4v) is 2.48. The number of aliphatic imine (C=N–C) groups is 1. The van der Waals surface area contributed by atoms with Crippen LogP contribution in [-0.4, -0.2) is 45.2 Å². The Morgan fingerprint density at radius 2 is 1.81 bits per heavy atom. The van der Waals surface area contributed by atoms with Crippen LogP contribution in [0.5, 0.6) is 5.75 Å². The second kappa shape index (κ2) is 12.5. The molecule has 2 aromatic rings. The van der Waals surface area contributed by atoms with E-state index in [4.69, 9.17) is 9.47 Å². The average Bonchev–Trinajstić information content (AvgIpc) is 2.64. The van der Waals surface area contributed by atoms with Crippen LogP contribution in [0.3, 0.4) is 0 Å². The van der Waals surface area contributed by atoms with Gasteiger partial charge in [-0.05, 0) is 23.3 Å². The molecule has 2 aromatic carbocycles. The summed E-state index contributed by atoms with van der Waals surface area (Å²) in [6.07, 6.45) is 0. The Morgan fingerprint density at radius 3 is 2.50 bits per heavy atom. The molecule has 0 saturated carbocycles. The van der Waals surface area contributed by atoms with Crippen LogP contribution in [0.15, 0.2) is 59.6 Å². The van der Waals surface area contributed by atoms with Gasteiger partial charge < -0.3 is 19.7 Å². The second-order valence-corrected chi connectivity index (χ2v) is 5.74. The maximum absolute atomic E-state index is 5.74. The summed E-state index contributed by atoms with van der Waals surface area (Å²) in [6.45, 7) is 2.69. The standard InChI is InChI=1S/C20H27N3O2.HI/c1-21-20(22-15-17-8-7-9-18(14-17)16-24-3)23(2)12-13-25-19-10-5-4-6-11-19;/h4-11,14H,12-13,15-16H2,1-3H3,(H,21,22);1H. The molecule has 0 heterocycles. The molecule has 26 heavy (non-hydrogen) atoms. The van der Waals surface area contributed by atoms with Crippen molar-refractivity contribution in [2.24, 2.45) is 4.99 Å². The van der Waals surface area contributed by atoms with Crippen LogP contribution in [0, 0.1) is 0 Å². The van der Waals surface area contributed by atoms with Gasteiger partial charge in [0.1, 0.15) is 12.4 Å². The van der Waals surface area contributed by atoms with Crippen molar-refractivity contribution < 1.29 is 9.47 Å². The zero-order valence-corrected chi connectivity index (χ0v) is 18.0. The molecule has 0 aliphatic rings. The summed E-state index contributed by atoms with van der Waals surface area (Å²) >= 11 is 0. The molecule has 0 fully saturated rings. The van der Waals surface area contributed by atoms with E-state index >= 15 is 0 Å². The van der Waals surface area contributed by atoms with E-state index in [1.807, 2.05) is 43.4 Å². The van der Waals surface area contributed by atoms with Gasteiger partial charge in [0.25, 0.3) is 0 Å². The van der Waals surface area contributed by atoms with E-state index in [1.165, 1.54) is 11.1 Å². The summed E-state index contributed by atoms with van der Waals surface area (Å²) in [6, 6.07) is 18.2. The molecular formula is C20H28IN3O2. The van der Waals surface area contributed by atoms with Gasteiger partial charge >= 0.3 is 0 Å². The van der Waals surface area contributed by atoms with Crippen LogP contribution >= 0.6 is 24.0 Å². The lowest BCUT2D eigenvalue weighted by Gasteiger charge is -2.22. The number of nitrogens with one attached hydrogen (secondary N) is 1. The van der Waals surface area contributed by atoms with Crippen molar-refractivity contribution in [1.29, 1.82) is 0 Å². The topological polar surface area (TPSA) is 46.1 Å². The van der Waals surface area contributed by atoms with Gasteiger partial charge in [0.05, 0.1) is 13.2 Å². The number of benzene rings is 2. The number of methoxy groups -OCH3 is 1. The molecule has 0 aliphatic heterocycles. The van der Waals surface area contributed by atoms with Gasteiger partial charge in [0.2, 0.25) is 0 Å². The van der Waals surface area contributed by atoms with Gasteiger partial charge in [-0.15, -0.1) is 24.0 Å². The number of ether oxygens (including phenoxy) is 2. The Morgan fingerprint density at radius 1 is 1.08 bits per heavy atom. The molecule has 0 bridgehead atoms. The van der Waals surface area contributed by atoms with Crippen LogP contribution in [0.1, 0.15) is 11.1 Å². The van der Waals surface area contributed by atoms with Crippen molar-refractivity contribution >= 4 is 29.9 Å². The fraction of sp³-hybridized carbons (Fsp3) is 0.350. The Labute approximate surface area is 173 Å². The van der Waals surface area contributed by atoms with E-state index in [0.717, 1.165) is 18.3 Å². The van der Waals surface area contributed by atoms with Gasteiger partial charge in [-0.25, -0.2) is 0 Å². The van der Waals surface area contributed by atoms with Crippen LogP contribution in [0.2, 0.25) is 0 Å². The molecule has 2 rings (SSSR count). The molecule has 0 aromatic heterocycles. The number of likely N-dealkylation sites (N-methyl/N-ethyl adjacent to an activating group) is 1. The molecule has 0 saturated heterocycles. The highest BCUT2D eigenvalue weighted by Crippen LogP contribution is 2.08. The van der Waals surface area contributed by atoms with E-state index < -0.39 is 0 Å². The van der Waals surface area contributed by atoms with Gasteiger partial charge in [0, 0.05) is 27.7 Å². The predicted molar refractivity (Wildman–Crippen MR) is 117 cm³/mol. The van der Waals surface area contributed by atoms with Crippen molar-refractivity contribution in [2.45, 2.75) is 13.2 Å². The molecule has 1 N–H and O–H groups in total. The number of rotatable bonds is 8. The third-order valence-corrected chi connectivity index (χ3v) is 3.77. The van der Waals surface area contributed by atoms with Gasteiger partial charge in [-0.2, -0.15) is 0 Å². The number of guanidine groups is 1. The van der Waals surface area contributed by atoms with E-state index in [1.54, 1.807) is 14.2 Å². The molecule has 0 spiro atoms. The summed E-state index contributed by atoms with van der Waals surface area (Å²) in [5, 5.41) is 3.38. The van der Waals surface area contributed by atoms with Crippen molar-refractivity contribution in [2.75, 3.05) is 34.4 Å². The predicted octanol–water partition coefficient (Wildman–Crippen LogP) is 3.54. The number of hydrogen-bond acceptors (Lipinski definition) is 3. The van der Waals surface area contributed by atoms with Gasteiger partial charge in [0.15, 0.2) is 5.96 Å². The smallest absolute Gasteiger partial charge is 0.193 e. The SMILES string of the molecule is CN=C(NCc1cccc(COC)c1)N(C)CCOc1ccccc1.I. The minimum Gasteiger partial charge on any atom is -0.492 e. The summed E-state index contributed by atoms with van der Waals surface area (Å²) < 4.78 is 10.9. The monoisotopic (exact) mass is 469 g/mol. The third-order valence-electron chi connectivity index (χ3n) is 3.77. The number of nitrogens with zero attached hydrogens (tertiary/aromatic N) is 2. The summed E-state index contributed by atoms with van der Waals surface area (Å²) in [5.74, 6) is 1.72. The Bertz CT molecular complexity index is 665. The quantitative estimate of drug-likeness (QED) is 0.365. The van der Waals surface area contributed by atoms with Crippen LogP contribution < -0.4 is 10.1 Å². The van der Waals surface area contributed by atoms with E-state index in [-0.39, 0.29) is 24.0 Å². The molecule has 0 atom stereocenters. The third kappa shape index (κ3) is 7.61. The lowest BCUT2D eigenvalue weighted by molar-refractivity contribution is 0.185. The van der Waals surface area contributed by atoms with Crippen molar-refractivity contribution in [3.8, 4) is 5.75 Å². The zero-order chi connectivity index (χ0) is 17.9. The fourth-order valence-electron chi connectivity index (χ4n) is 2.48. The van der Waals surface area contributed by atoms with Crippen molar-refractivity contribution in [3.63, 3.8) is 0 Å². The molecular weight excluding hydrogens is 441 g/mol. The van der Waals surface area contributed by atoms with Crippen LogP contribution in [0.25, 0.3) is 0 Å². The largest absolute Gasteiger partial charge is 0.492 e. The maximum atomic E-state index is 5.74. The highest BCUT2D eigenvalue weighted by Gasteiger charge is 2.06. The van der Waals surface area contributed by atoms with E-state index in [2.05, 4.69) is 33.4 Å². The summed E-state index contributed by atoms with van der Waals surface area (Å²) in [5.41, 5.74) is 2.37. The molecule has 0 amide bonds. The first-order valence-electron chi connectivity index (χ1n) is 8.39. The molecule has 6 heteroatoms. The first-order valence-corrected chi connectivity index (χ1v) is 8.39. The number of halogens is 1. The highest BCUT2D eigenvalue weighted by molar-refractivity contribution is 14.0. The van der Waals surface area contributed by atoms with Crippen LogP contribution in [0.4, 0.5) is 0 Å². The molecule has 142 valence electrons. The first kappa shape index (κ1) is 22.2. The summed E-state index contributed by atoms with van der Waals surface area (Å²) in [4.78, 5) is 6.40.